The Balaban J connectivity index is 0.000000559. The summed E-state index contributed by atoms with van der Waals surface area (Å²) in [5.74, 6) is -1.73. The largest absolute Gasteiger partial charge is 0.542 e. The number of nitrogens with zero attached hydrogens (tertiary/aromatic N) is 4. The van der Waals surface area contributed by atoms with E-state index < -0.39 is 12.1 Å². The maximum absolute atomic E-state index is 10.5. The number of aromatic nitrogens is 1. The first-order valence-corrected chi connectivity index (χ1v) is 16.9. The van der Waals surface area contributed by atoms with Gasteiger partial charge in [-0.2, -0.15) is 17.7 Å². The van der Waals surface area contributed by atoms with Gasteiger partial charge in [-0.3, -0.25) is 4.90 Å². The molecule has 4 aromatic rings. The molecule has 0 atom stereocenters. The highest BCUT2D eigenvalue weighted by Crippen LogP contribution is 2.50. The van der Waals surface area contributed by atoms with Crippen LogP contribution in [0.1, 0.15) is 43.7 Å². The average Bonchev–Trinajstić information content (AvgIpc) is 3.41. The molecule has 1 aromatic heterocycles. The Bertz CT molecular complexity index is 1730. The summed E-state index contributed by atoms with van der Waals surface area (Å²) in [6.07, 6.45) is 3.16. The van der Waals surface area contributed by atoms with Crippen LogP contribution in [0.25, 0.3) is 22.7 Å². The normalized spacial score (nSPS) is 14.7. The number of carbonyl (C=O) groups excluding carboxylic acids is 1. The zero-order chi connectivity index (χ0) is 33.6. The summed E-state index contributed by atoms with van der Waals surface area (Å²) >= 11 is 1.93. The van der Waals surface area contributed by atoms with Gasteiger partial charge in [0, 0.05) is 29.4 Å². The second kappa shape index (κ2) is 15.3. The van der Waals surface area contributed by atoms with E-state index in [0.717, 1.165) is 32.6 Å². The second-order valence-electron chi connectivity index (χ2n) is 12.0. The van der Waals surface area contributed by atoms with Gasteiger partial charge in [0.15, 0.2) is 0 Å². The van der Waals surface area contributed by atoms with E-state index in [0.29, 0.717) is 0 Å². The van der Waals surface area contributed by atoms with E-state index in [1.165, 1.54) is 74.8 Å². The number of hydrogen-bond donors (Lipinski definition) is 0. The van der Waals surface area contributed by atoms with Crippen LogP contribution in [0.2, 0.25) is 0 Å². The lowest BCUT2D eigenvalue weighted by atomic mass is 10.0. The first-order chi connectivity index (χ1) is 22.6. The third-order valence-corrected chi connectivity index (χ3v) is 9.39. The number of thioether (sulfide) groups is 1. The summed E-state index contributed by atoms with van der Waals surface area (Å²) in [4.78, 5) is 17.7. The maximum atomic E-state index is 10.5. The van der Waals surface area contributed by atoms with Gasteiger partial charge in [0.2, 0.25) is 0 Å². The molecule has 3 heterocycles. The van der Waals surface area contributed by atoms with Gasteiger partial charge >= 0.3 is 6.18 Å². The summed E-state index contributed by atoms with van der Waals surface area (Å²) in [5, 5.41) is 11.4. The number of unbranched alkanes of at least 4 members (excludes halogenated alkanes) is 1. The monoisotopic (exact) mass is 662 g/mol. The number of benzene rings is 3. The van der Waals surface area contributed by atoms with Crippen LogP contribution >= 0.6 is 11.8 Å². The smallest absolute Gasteiger partial charge is 0.430 e. The number of aryl methyl sites for hydroxylation is 1. The number of pyridine rings is 1. The van der Waals surface area contributed by atoms with Crippen LogP contribution in [0.3, 0.4) is 0 Å². The van der Waals surface area contributed by atoms with E-state index in [2.05, 4.69) is 125 Å². The van der Waals surface area contributed by atoms with Gasteiger partial charge in [-0.05, 0) is 81.2 Å². The van der Waals surface area contributed by atoms with Crippen LogP contribution in [0.15, 0.2) is 88.8 Å². The topological polar surface area (TPSA) is 53.7 Å². The molecule has 0 N–H and O–H groups in total. The molecule has 6 rings (SSSR count). The summed E-state index contributed by atoms with van der Waals surface area (Å²) in [5.41, 5.74) is 6.71. The molecule has 3 aromatic carbocycles. The molecule has 6 nitrogen and oxygen atoms in total. The van der Waals surface area contributed by atoms with E-state index in [4.69, 9.17) is 9.90 Å². The lowest BCUT2D eigenvalue weighted by Crippen LogP contribution is -2.42. The number of alkyl halides is 3. The Morgan fingerprint density at radius 2 is 1.68 bits per heavy atom. The molecule has 0 radical (unpaired) electrons. The second-order valence-corrected chi connectivity index (χ2v) is 13.1. The van der Waals surface area contributed by atoms with E-state index in [-0.39, 0.29) is 0 Å². The van der Waals surface area contributed by atoms with Gasteiger partial charge in [0.25, 0.3) is 5.82 Å². The maximum Gasteiger partial charge on any atom is 0.430 e. The number of aliphatic carboxylic acids is 1. The molecule has 10 heteroatoms. The van der Waals surface area contributed by atoms with Crippen LogP contribution < -0.4 is 19.5 Å². The molecule has 0 amide bonds. The Labute approximate surface area is 279 Å². The van der Waals surface area contributed by atoms with Gasteiger partial charge in [-0.15, -0.1) is 0 Å². The summed E-state index contributed by atoms with van der Waals surface area (Å²) in [6.45, 7) is 6.57. The highest BCUT2D eigenvalue weighted by molar-refractivity contribution is 8.03. The molecule has 47 heavy (non-hydrogen) atoms. The van der Waals surface area contributed by atoms with Gasteiger partial charge in [-0.1, -0.05) is 73.6 Å². The molecule has 0 aliphatic carbocycles. The molecule has 0 bridgehead atoms. The minimum Gasteiger partial charge on any atom is -0.542 e. The zero-order valence-electron chi connectivity index (χ0n) is 27.1. The van der Waals surface area contributed by atoms with Crippen molar-refractivity contribution in [3.8, 4) is 5.69 Å². The highest BCUT2D eigenvalue weighted by Gasteiger charge is 2.31. The van der Waals surface area contributed by atoms with E-state index in [1.807, 2.05) is 11.8 Å². The van der Waals surface area contributed by atoms with Gasteiger partial charge in [-0.25, -0.2) is 0 Å². The molecule has 2 aliphatic heterocycles. The fourth-order valence-electron chi connectivity index (χ4n) is 6.11. The van der Waals surface area contributed by atoms with Crippen LogP contribution in [-0.2, 0) is 11.2 Å². The number of hydrogen-bond acceptors (Lipinski definition) is 6. The summed E-state index contributed by atoms with van der Waals surface area (Å²) < 4.78 is 34.0. The van der Waals surface area contributed by atoms with Gasteiger partial charge in [0.05, 0.1) is 23.8 Å². The van der Waals surface area contributed by atoms with E-state index in [1.54, 1.807) is 0 Å². The summed E-state index contributed by atoms with van der Waals surface area (Å²) in [7, 11) is 4.34. The number of rotatable bonds is 10. The molecule has 0 saturated heterocycles. The quantitative estimate of drug-likeness (QED) is 0.174. The number of halogens is 3. The number of para-hydroxylation sites is 3. The molecule has 0 unspecified atom stereocenters. The lowest BCUT2D eigenvalue weighted by Gasteiger charge is -2.27. The Morgan fingerprint density at radius 1 is 0.979 bits per heavy atom. The fourth-order valence-corrected chi connectivity index (χ4v) is 7.30. The van der Waals surface area contributed by atoms with Crippen molar-refractivity contribution in [1.82, 2.24) is 4.90 Å². The molecule has 0 saturated carbocycles. The Hall–Kier alpha value is -4.02. The minimum absolute atomic E-state index is 1.04. The molecule has 0 spiro atoms. The number of carbonyl (C=O) groups is 1. The van der Waals surface area contributed by atoms with Crippen LogP contribution in [0, 0.1) is 0 Å². The van der Waals surface area contributed by atoms with Crippen LogP contribution in [0.4, 0.5) is 24.7 Å². The SMILES string of the molecule is CCCCN(CCCN(C)C)c1cc(C=C2Sc3cccc4c3N2CCC4)c2ccccc2[n+]1-c1ccccc1.O=C([O-])C(F)(F)F. The summed E-state index contributed by atoms with van der Waals surface area (Å²) in [6, 6.07) is 29.1. The van der Waals surface area contributed by atoms with Crippen LogP contribution in [0.5, 0.6) is 0 Å². The average molecular weight is 663 g/mol. The van der Waals surface area contributed by atoms with Crippen molar-refractivity contribution in [3.63, 3.8) is 0 Å². The predicted molar refractivity (Wildman–Crippen MR) is 183 cm³/mol. The minimum atomic E-state index is -5.19. The molecule has 248 valence electrons. The van der Waals surface area contributed by atoms with Crippen molar-refractivity contribution in [1.29, 1.82) is 0 Å². The van der Waals surface area contributed by atoms with Crippen molar-refractivity contribution in [3.05, 3.63) is 95.0 Å². The van der Waals surface area contributed by atoms with Crippen molar-refractivity contribution < 1.29 is 27.6 Å². The van der Waals surface area contributed by atoms with Crippen molar-refractivity contribution in [2.75, 3.05) is 50.1 Å². The number of anilines is 2. The highest BCUT2D eigenvalue weighted by atomic mass is 32.2. The van der Waals surface area contributed by atoms with E-state index in [9.17, 15) is 13.2 Å². The van der Waals surface area contributed by atoms with Crippen molar-refractivity contribution in [2.24, 2.45) is 0 Å². The molecular formula is C37H41F3N4O2S. The third kappa shape index (κ3) is 8.11. The van der Waals surface area contributed by atoms with Crippen molar-refractivity contribution in [2.45, 2.75) is 50.1 Å². The fraction of sp³-hybridized carbons (Fsp3) is 0.351. The standard InChI is InChI=1S/C35H41N4S.C2HF3O2/c1-4-5-22-37(23-13-21-36(2)3)33-25-28(26-34-38-24-12-15-27-14-11-20-32(40-34)35(27)38)30-18-9-10-19-31(30)39(33)29-16-7-6-8-17-29;3-2(4,5)1(6)7/h6-11,14,16-20,25-26H,4-5,12-13,15,21-24H2,1-3H3;(H,6,7)/q+1;/p-1. The Kier molecular flexibility index (Phi) is 11.1. The van der Waals surface area contributed by atoms with E-state index >= 15 is 0 Å². The number of carboxylic acids is 1. The zero-order valence-corrected chi connectivity index (χ0v) is 27.9. The van der Waals surface area contributed by atoms with Crippen LogP contribution in [-0.4, -0.2) is 57.3 Å². The Morgan fingerprint density at radius 3 is 2.38 bits per heavy atom. The first kappa shape index (κ1) is 34.3. The third-order valence-electron chi connectivity index (χ3n) is 8.29. The molecule has 2 aliphatic rings. The predicted octanol–water partition coefficient (Wildman–Crippen LogP) is 6.83. The van der Waals surface area contributed by atoms with Crippen molar-refractivity contribution >= 4 is 46.2 Å². The first-order valence-electron chi connectivity index (χ1n) is 16.1. The molecule has 0 fully saturated rings. The van der Waals surface area contributed by atoms with Gasteiger partial charge in [0.1, 0.15) is 17.2 Å². The molecular weight excluding hydrogens is 621 g/mol. The number of carboxylic acid groups (broad SMARTS) is 1. The number of fused-ring (bicyclic) bond motifs is 1. The lowest BCUT2D eigenvalue weighted by molar-refractivity contribution is -0.553. The van der Waals surface area contributed by atoms with Gasteiger partial charge < -0.3 is 19.7 Å².